The molecular weight excluding hydrogens is 383 g/mol. The van der Waals surface area contributed by atoms with Crippen molar-refractivity contribution in [3.05, 3.63) is 53.1 Å². The van der Waals surface area contributed by atoms with E-state index in [4.69, 9.17) is 4.74 Å². The normalized spacial score (nSPS) is 15.1. The monoisotopic (exact) mass is 400 g/mol. The third-order valence-electron chi connectivity index (χ3n) is 4.36. The van der Waals surface area contributed by atoms with E-state index in [9.17, 15) is 26.7 Å². The molecule has 0 atom stereocenters. The average Bonchev–Trinajstić information content (AvgIpc) is 2.63. The molecular formula is C19H17F5N2O2. The first kappa shape index (κ1) is 20.0. The maximum Gasteiger partial charge on any atom is 0.410 e. The number of benzene rings is 1. The lowest BCUT2D eigenvalue weighted by molar-refractivity contribution is 0.0103. The highest BCUT2D eigenvalue weighted by Gasteiger charge is 2.31. The van der Waals surface area contributed by atoms with Crippen LogP contribution in [0.15, 0.2) is 30.5 Å². The minimum atomic E-state index is -3.27. The van der Waals surface area contributed by atoms with Gasteiger partial charge in [-0.15, -0.1) is 0 Å². The molecule has 1 aromatic heterocycles. The number of halogens is 5. The van der Waals surface area contributed by atoms with Gasteiger partial charge in [-0.3, -0.25) is 4.98 Å². The van der Waals surface area contributed by atoms with Crippen LogP contribution in [0.5, 0.6) is 0 Å². The number of aromatic nitrogens is 1. The molecule has 1 amide bonds. The number of hydrogen-bond acceptors (Lipinski definition) is 3. The summed E-state index contributed by atoms with van der Waals surface area (Å²) in [6, 6.07) is 4.46. The van der Waals surface area contributed by atoms with Gasteiger partial charge < -0.3 is 9.64 Å². The molecule has 3 rings (SSSR count). The summed E-state index contributed by atoms with van der Waals surface area (Å²) in [4.78, 5) is 16.9. The van der Waals surface area contributed by atoms with Crippen molar-refractivity contribution in [2.45, 2.75) is 32.2 Å². The number of amides is 1. The molecule has 0 aliphatic carbocycles. The van der Waals surface area contributed by atoms with Crippen LogP contribution in [-0.4, -0.2) is 29.1 Å². The lowest BCUT2D eigenvalue weighted by Gasteiger charge is -2.27. The summed E-state index contributed by atoms with van der Waals surface area (Å²) in [5.41, 5.74) is -0.783. The largest absolute Gasteiger partial charge is 0.449 e. The molecule has 0 bridgehead atoms. The van der Waals surface area contributed by atoms with Crippen molar-refractivity contribution in [3.8, 4) is 11.1 Å². The lowest BCUT2D eigenvalue weighted by atomic mass is 10.00. The fourth-order valence-electron chi connectivity index (χ4n) is 3.02. The molecule has 1 aliphatic heterocycles. The van der Waals surface area contributed by atoms with Gasteiger partial charge in [-0.2, -0.15) is 8.78 Å². The van der Waals surface area contributed by atoms with Gasteiger partial charge in [-0.05, 0) is 35.7 Å². The number of carbonyl (C=O) groups excluding carboxylic acids is 1. The Morgan fingerprint density at radius 1 is 1.25 bits per heavy atom. The Bertz CT molecular complexity index is 883. The second-order valence-electron chi connectivity index (χ2n) is 6.55. The summed E-state index contributed by atoms with van der Waals surface area (Å²) < 4.78 is 72.3. The Hall–Kier alpha value is -2.71. The number of cyclic esters (lactones) is 1. The summed E-state index contributed by atoms with van der Waals surface area (Å²) in [6.07, 6.45) is -1.96. The zero-order valence-electron chi connectivity index (χ0n) is 14.9. The van der Waals surface area contributed by atoms with Gasteiger partial charge in [0.15, 0.2) is 0 Å². The molecule has 4 nitrogen and oxygen atoms in total. The molecule has 1 saturated heterocycles. The van der Waals surface area contributed by atoms with Gasteiger partial charge in [0.1, 0.15) is 11.5 Å². The second-order valence-corrected chi connectivity index (χ2v) is 6.55. The topological polar surface area (TPSA) is 42.4 Å². The first-order valence-electron chi connectivity index (χ1n) is 8.53. The number of carbonyl (C=O) groups is 1. The molecule has 9 heteroatoms. The Morgan fingerprint density at radius 3 is 2.64 bits per heavy atom. The van der Waals surface area contributed by atoms with Crippen molar-refractivity contribution in [3.63, 3.8) is 0 Å². The molecule has 0 N–H and O–H groups in total. The smallest absolute Gasteiger partial charge is 0.410 e. The first-order valence-corrected chi connectivity index (χ1v) is 8.53. The zero-order chi connectivity index (χ0) is 20.5. The number of hydrogen-bond donors (Lipinski definition) is 0. The van der Waals surface area contributed by atoms with Crippen molar-refractivity contribution in [2.24, 2.45) is 0 Å². The first-order chi connectivity index (χ1) is 13.2. The molecule has 2 heterocycles. The number of alkyl halides is 4. The summed E-state index contributed by atoms with van der Waals surface area (Å²) in [5.74, 6) is -4.33. The maximum atomic E-state index is 14.0. The van der Waals surface area contributed by atoms with Crippen LogP contribution in [0, 0.1) is 5.82 Å². The minimum absolute atomic E-state index is 0.0618. The van der Waals surface area contributed by atoms with Crippen LogP contribution in [0.25, 0.3) is 11.1 Å². The van der Waals surface area contributed by atoms with Crippen LogP contribution >= 0.6 is 0 Å². The van der Waals surface area contributed by atoms with Gasteiger partial charge in [0.05, 0.1) is 18.7 Å². The highest BCUT2D eigenvalue weighted by atomic mass is 19.3. The number of nitrogens with zero attached hydrogens (tertiary/aromatic N) is 2. The molecule has 1 aliphatic rings. The van der Waals surface area contributed by atoms with Gasteiger partial charge >= 0.3 is 6.09 Å². The van der Waals surface area contributed by atoms with Gasteiger partial charge in [0, 0.05) is 25.2 Å². The maximum absolute atomic E-state index is 14.0. The van der Waals surface area contributed by atoms with Crippen LogP contribution < -0.4 is 0 Å². The summed E-state index contributed by atoms with van der Waals surface area (Å²) in [5, 5.41) is 0. The summed E-state index contributed by atoms with van der Waals surface area (Å²) >= 11 is 0. The molecule has 2 aromatic rings. The third kappa shape index (κ3) is 4.23. The number of pyridine rings is 1. The summed E-state index contributed by atoms with van der Waals surface area (Å²) in [6.45, 7) is 1.11. The minimum Gasteiger partial charge on any atom is -0.449 e. The van der Waals surface area contributed by atoms with Crippen LogP contribution in [-0.2, 0) is 17.2 Å². The molecule has 0 unspecified atom stereocenters. The van der Waals surface area contributed by atoms with Crippen LogP contribution in [0.1, 0.15) is 36.6 Å². The van der Waals surface area contributed by atoms with E-state index in [1.807, 2.05) is 0 Å². The van der Waals surface area contributed by atoms with Crippen molar-refractivity contribution in [1.29, 1.82) is 0 Å². The lowest BCUT2D eigenvalue weighted by Crippen LogP contribution is -2.37. The standard InChI is InChI=1S/C19H17F5N2O2/c1-19(23,24)16-13(10-26-5-2-6-28-18(26)27)7-12(9-25-16)11-3-4-15(20)14(8-11)17(21)22/h3-4,7-9,17H,2,5-6,10H2,1H3. The quantitative estimate of drug-likeness (QED) is 0.642. The highest BCUT2D eigenvalue weighted by Crippen LogP contribution is 2.33. The number of rotatable bonds is 5. The Balaban J connectivity index is 2.02. The predicted molar refractivity (Wildman–Crippen MR) is 90.5 cm³/mol. The van der Waals surface area contributed by atoms with Crippen LogP contribution in [0.4, 0.5) is 26.7 Å². The SMILES string of the molecule is CC(F)(F)c1ncc(-c2ccc(F)c(C(F)F)c2)cc1CN1CCCOC1=O. The Kier molecular flexibility index (Phi) is 5.53. The van der Waals surface area contributed by atoms with E-state index >= 15 is 0 Å². The average molecular weight is 400 g/mol. The predicted octanol–water partition coefficient (Wildman–Crippen LogP) is 5.28. The molecule has 0 radical (unpaired) electrons. The van der Waals surface area contributed by atoms with E-state index in [0.717, 1.165) is 18.3 Å². The molecule has 1 fully saturated rings. The van der Waals surface area contributed by atoms with Gasteiger partial charge in [0.25, 0.3) is 12.3 Å². The van der Waals surface area contributed by atoms with Gasteiger partial charge in [0.2, 0.25) is 0 Å². The van der Waals surface area contributed by atoms with Crippen molar-refractivity contribution in [1.82, 2.24) is 9.88 Å². The van der Waals surface area contributed by atoms with Crippen LogP contribution in [0.3, 0.4) is 0 Å². The Labute approximate surface area is 157 Å². The van der Waals surface area contributed by atoms with E-state index in [1.165, 1.54) is 17.0 Å². The van der Waals surface area contributed by atoms with Crippen LogP contribution in [0.2, 0.25) is 0 Å². The van der Waals surface area contributed by atoms with E-state index in [1.54, 1.807) is 0 Å². The fraction of sp³-hybridized carbons (Fsp3) is 0.368. The van der Waals surface area contributed by atoms with Crippen molar-refractivity contribution < 1.29 is 31.5 Å². The molecule has 1 aromatic carbocycles. The second kappa shape index (κ2) is 7.73. The van der Waals surface area contributed by atoms with Gasteiger partial charge in [-0.25, -0.2) is 18.0 Å². The van der Waals surface area contributed by atoms with E-state index < -0.39 is 35.5 Å². The van der Waals surface area contributed by atoms with Gasteiger partial charge in [-0.1, -0.05) is 6.07 Å². The molecule has 28 heavy (non-hydrogen) atoms. The zero-order valence-corrected chi connectivity index (χ0v) is 14.9. The molecule has 0 spiro atoms. The summed E-state index contributed by atoms with van der Waals surface area (Å²) in [7, 11) is 0. The van der Waals surface area contributed by atoms with E-state index in [2.05, 4.69) is 4.98 Å². The Morgan fingerprint density at radius 2 is 2.00 bits per heavy atom. The van der Waals surface area contributed by atoms with E-state index in [-0.39, 0.29) is 29.8 Å². The van der Waals surface area contributed by atoms with Crippen molar-refractivity contribution >= 4 is 6.09 Å². The van der Waals surface area contributed by atoms with Crippen molar-refractivity contribution in [2.75, 3.05) is 13.2 Å². The highest BCUT2D eigenvalue weighted by molar-refractivity contribution is 5.69. The number of ether oxygens (including phenoxy) is 1. The third-order valence-corrected chi connectivity index (χ3v) is 4.36. The molecule has 0 saturated carbocycles. The molecule has 150 valence electrons. The van der Waals surface area contributed by atoms with E-state index in [0.29, 0.717) is 19.9 Å². The fourth-order valence-corrected chi connectivity index (χ4v) is 3.02.